The minimum absolute atomic E-state index is 0.0227. The first-order chi connectivity index (χ1) is 37.4. The number of amides is 4. The Balaban J connectivity index is 4.96. The van der Waals surface area contributed by atoms with Gasteiger partial charge >= 0.3 is 0 Å². The Labute approximate surface area is 480 Å². The average Bonchev–Trinajstić information content (AvgIpc) is 3.41. The maximum Gasteiger partial charge on any atom is 0.243 e. The summed E-state index contributed by atoms with van der Waals surface area (Å²) < 4.78 is 0. The lowest BCUT2D eigenvalue weighted by atomic mass is 9.99. The third-order valence-electron chi connectivity index (χ3n) is 16.6. The van der Waals surface area contributed by atoms with E-state index >= 15 is 0 Å². The van der Waals surface area contributed by atoms with E-state index in [1.807, 2.05) is 9.80 Å². The quantitative estimate of drug-likeness (QED) is 0.0588. The van der Waals surface area contributed by atoms with Crippen LogP contribution in [0.15, 0.2) is 0 Å². The van der Waals surface area contributed by atoms with Gasteiger partial charge in [-0.05, 0) is 89.6 Å². The van der Waals surface area contributed by atoms with E-state index in [0.29, 0.717) is 39.0 Å². The minimum atomic E-state index is -0.462. The van der Waals surface area contributed by atoms with Gasteiger partial charge in [0.1, 0.15) is 12.1 Å². The predicted octanol–water partition coefficient (Wildman–Crippen LogP) is 16.9. The van der Waals surface area contributed by atoms with Crippen LogP contribution in [-0.2, 0) is 19.2 Å². The van der Waals surface area contributed by atoms with Crippen molar-refractivity contribution in [3.63, 3.8) is 0 Å². The average molecular weight is 1090 g/mol. The molecule has 0 saturated carbocycles. The molecule has 10 heteroatoms. The van der Waals surface area contributed by atoms with Crippen LogP contribution in [0.5, 0.6) is 0 Å². The normalized spacial score (nSPS) is 12.5. The Morgan fingerprint density at radius 2 is 0.532 bits per heavy atom. The van der Waals surface area contributed by atoms with Gasteiger partial charge in [0.15, 0.2) is 0 Å². The smallest absolute Gasteiger partial charge is 0.243 e. The lowest BCUT2D eigenvalue weighted by Crippen LogP contribution is -2.53. The number of nitrogens with zero attached hydrogens (tertiary/aromatic N) is 4. The largest absolute Gasteiger partial charge is 0.354 e. The summed E-state index contributed by atoms with van der Waals surface area (Å²) in [6.07, 6.45) is 46.6. The number of carbonyl (C=O) groups is 4. The van der Waals surface area contributed by atoms with E-state index in [4.69, 9.17) is 0 Å². The second-order valence-electron chi connectivity index (χ2n) is 24.1. The van der Waals surface area contributed by atoms with Crippen LogP contribution in [0, 0.1) is 11.8 Å². The third kappa shape index (κ3) is 41.5. The van der Waals surface area contributed by atoms with Crippen LogP contribution >= 0.6 is 0 Å². The topological polar surface area (TPSA) is 105 Å². The Hall–Kier alpha value is -2.20. The molecule has 0 aliphatic rings. The molecule has 0 spiro atoms. The Morgan fingerprint density at radius 1 is 0.299 bits per heavy atom. The Morgan fingerprint density at radius 3 is 0.766 bits per heavy atom. The van der Waals surface area contributed by atoms with E-state index in [9.17, 15) is 19.2 Å². The van der Waals surface area contributed by atoms with Crippen LogP contribution in [0.3, 0.4) is 0 Å². The number of nitrogens with one attached hydrogen (secondary N) is 2. The summed E-state index contributed by atoms with van der Waals surface area (Å²) >= 11 is 0. The van der Waals surface area contributed by atoms with Crippen LogP contribution in [0.4, 0.5) is 0 Å². The number of carbonyl (C=O) groups excluding carboxylic acids is 4. The summed E-state index contributed by atoms with van der Waals surface area (Å²) in [4.78, 5) is 64.2. The molecule has 0 aromatic rings. The van der Waals surface area contributed by atoms with E-state index < -0.39 is 12.1 Å². The van der Waals surface area contributed by atoms with Crippen LogP contribution in [0.2, 0.25) is 0 Å². The number of hydrogen-bond acceptors (Lipinski definition) is 6. The molecule has 0 radical (unpaired) electrons. The molecule has 0 aliphatic carbocycles. The first kappa shape index (κ1) is 74.8. The second kappa shape index (κ2) is 54.4. The fraction of sp³-hybridized carbons (Fsp3) is 0.940. The van der Waals surface area contributed by atoms with Crippen LogP contribution in [0.1, 0.15) is 320 Å². The molecule has 10 nitrogen and oxygen atoms in total. The summed E-state index contributed by atoms with van der Waals surface area (Å²) in [5.41, 5.74) is 0. The fourth-order valence-electron chi connectivity index (χ4n) is 11.5. The van der Waals surface area contributed by atoms with Crippen molar-refractivity contribution >= 4 is 23.6 Å². The van der Waals surface area contributed by atoms with Crippen LogP contribution < -0.4 is 10.6 Å². The zero-order valence-electron chi connectivity index (χ0n) is 53.4. The molecular formula is C67H134N6O4. The van der Waals surface area contributed by atoms with Gasteiger partial charge < -0.3 is 30.2 Å². The summed E-state index contributed by atoms with van der Waals surface area (Å²) in [6, 6.07) is -0.923. The maximum atomic E-state index is 13.9. The maximum absolute atomic E-state index is 13.9. The van der Waals surface area contributed by atoms with Gasteiger partial charge in [0, 0.05) is 39.0 Å². The number of rotatable bonds is 58. The van der Waals surface area contributed by atoms with E-state index in [1.54, 1.807) is 0 Å². The Kier molecular flexibility index (Phi) is 52.8. The zero-order chi connectivity index (χ0) is 57.0. The van der Waals surface area contributed by atoms with Gasteiger partial charge in [-0.15, -0.1) is 0 Å². The summed E-state index contributed by atoms with van der Waals surface area (Å²) in [5, 5.41) is 6.47. The first-order valence-corrected chi connectivity index (χ1v) is 34.0. The fourth-order valence-corrected chi connectivity index (χ4v) is 11.5. The predicted molar refractivity (Wildman–Crippen MR) is 334 cm³/mol. The van der Waals surface area contributed by atoms with E-state index in [1.165, 1.54) is 167 Å². The molecule has 2 N–H and O–H groups in total. The highest BCUT2D eigenvalue weighted by Gasteiger charge is 2.33. The van der Waals surface area contributed by atoms with Gasteiger partial charge in [0.2, 0.25) is 23.6 Å². The molecule has 0 fully saturated rings. The van der Waals surface area contributed by atoms with Crippen LogP contribution in [-0.4, -0.2) is 121 Å². The van der Waals surface area contributed by atoms with Gasteiger partial charge in [-0.25, -0.2) is 0 Å². The van der Waals surface area contributed by atoms with E-state index in [2.05, 4.69) is 89.7 Å². The van der Waals surface area contributed by atoms with Gasteiger partial charge in [0.25, 0.3) is 0 Å². The van der Waals surface area contributed by atoms with Crippen molar-refractivity contribution in [3.05, 3.63) is 0 Å². The lowest BCUT2D eigenvalue weighted by molar-refractivity contribution is -0.142. The van der Waals surface area contributed by atoms with E-state index in [0.717, 1.165) is 110 Å². The molecule has 456 valence electrons. The SMILES string of the molecule is CCCCCCCCCCCCCCCCCC(=O)N(CCCN(CC)CC)C(C(=O)NCCCCCCCNC(=O)C(C(C)C)N(CCCN(CC)CC)C(=O)CCCCCCCCCCCCCCCCC)C(C)C. The standard InChI is InChI=1S/C67H134N6O4/c1-11-17-19-21-23-25-27-29-31-33-35-37-39-42-46-52-62(74)72(58-50-56-70(13-3)14-4)64(60(7)8)66(76)68-54-48-44-41-45-49-55-69-67(77)65(61(9)10)73(59-51-57-71(15-5)16-6)63(75)53-47-43-40-38-36-34-32-30-28-26-24-22-20-18-12-2/h60-61,64-65H,11-59H2,1-10H3,(H,68,76)(H,69,77). The highest BCUT2D eigenvalue weighted by molar-refractivity contribution is 5.88. The Bertz CT molecular complexity index is 1240. The molecule has 77 heavy (non-hydrogen) atoms. The van der Waals surface area contributed by atoms with Crippen molar-refractivity contribution < 1.29 is 19.2 Å². The molecule has 0 heterocycles. The first-order valence-electron chi connectivity index (χ1n) is 34.0. The van der Waals surface area contributed by atoms with Crippen molar-refractivity contribution in [2.24, 2.45) is 11.8 Å². The van der Waals surface area contributed by atoms with Crippen molar-refractivity contribution in [2.45, 2.75) is 332 Å². The summed E-state index contributed by atoms with van der Waals surface area (Å²) in [6.45, 7) is 29.9. The number of unbranched alkanes of at least 4 members (excludes halogenated alkanes) is 32. The molecule has 0 saturated heterocycles. The zero-order valence-corrected chi connectivity index (χ0v) is 53.4. The molecule has 4 amide bonds. The van der Waals surface area contributed by atoms with Gasteiger partial charge in [-0.3, -0.25) is 19.2 Å². The van der Waals surface area contributed by atoms with Crippen LogP contribution in [0.25, 0.3) is 0 Å². The van der Waals surface area contributed by atoms with Crippen molar-refractivity contribution in [1.82, 2.24) is 30.2 Å². The minimum Gasteiger partial charge on any atom is -0.354 e. The molecule has 0 aliphatic heterocycles. The molecular weight excluding hydrogens is 953 g/mol. The van der Waals surface area contributed by atoms with Crippen molar-refractivity contribution in [1.29, 1.82) is 0 Å². The van der Waals surface area contributed by atoms with Gasteiger partial charge in [-0.2, -0.15) is 0 Å². The summed E-state index contributed by atoms with van der Waals surface area (Å²) in [5.74, 6) is 0.261. The molecule has 0 bridgehead atoms. The monoisotopic (exact) mass is 1090 g/mol. The molecule has 0 aromatic heterocycles. The highest BCUT2D eigenvalue weighted by atomic mass is 16.2. The molecule has 0 rings (SSSR count). The second-order valence-corrected chi connectivity index (χ2v) is 24.1. The molecule has 0 aromatic carbocycles. The molecule has 2 atom stereocenters. The van der Waals surface area contributed by atoms with Crippen molar-refractivity contribution in [3.8, 4) is 0 Å². The van der Waals surface area contributed by atoms with Gasteiger partial charge in [0.05, 0.1) is 0 Å². The molecule has 2 unspecified atom stereocenters. The third-order valence-corrected chi connectivity index (χ3v) is 16.6. The van der Waals surface area contributed by atoms with Crippen molar-refractivity contribution in [2.75, 3.05) is 65.4 Å². The van der Waals surface area contributed by atoms with Gasteiger partial charge in [-0.1, -0.05) is 268 Å². The highest BCUT2D eigenvalue weighted by Crippen LogP contribution is 2.20. The number of hydrogen-bond donors (Lipinski definition) is 2. The lowest BCUT2D eigenvalue weighted by Gasteiger charge is -2.34. The summed E-state index contributed by atoms with van der Waals surface area (Å²) in [7, 11) is 0. The van der Waals surface area contributed by atoms with E-state index in [-0.39, 0.29) is 35.5 Å².